The number of hydrogen-bond donors (Lipinski definition) is 0. The SMILES string of the molecule is CC(C)Cc1ccc(S(=O)(=O)N2CCC(n3c(CC(C)C)nc4cccnc43)CC2)cc1. The largest absolute Gasteiger partial charge is 0.309 e. The van der Waals surface area contributed by atoms with E-state index in [0.29, 0.717) is 29.8 Å². The average Bonchev–Trinajstić information content (AvgIpc) is 3.11. The lowest BCUT2D eigenvalue weighted by Gasteiger charge is -2.32. The van der Waals surface area contributed by atoms with E-state index in [1.165, 1.54) is 5.56 Å². The van der Waals surface area contributed by atoms with Crippen LogP contribution in [-0.2, 0) is 22.9 Å². The standard InChI is InChI=1S/C25H34N4O2S/c1-18(2)16-20-7-9-22(10-8-20)32(30,31)28-14-11-21(12-15-28)29-24(17-19(3)4)27-23-6-5-13-26-25(23)29/h5-10,13,18-19,21H,11-12,14-17H2,1-4H3. The first-order chi connectivity index (χ1) is 15.3. The number of nitrogens with zero attached hydrogens (tertiary/aromatic N) is 4. The second kappa shape index (κ2) is 9.32. The van der Waals surface area contributed by atoms with Crippen molar-refractivity contribution in [2.45, 2.75) is 64.3 Å². The molecule has 1 saturated heterocycles. The summed E-state index contributed by atoms with van der Waals surface area (Å²) >= 11 is 0. The molecule has 0 spiro atoms. The molecule has 0 atom stereocenters. The molecule has 3 aromatic rings. The molecular weight excluding hydrogens is 420 g/mol. The number of sulfonamides is 1. The number of fused-ring (bicyclic) bond motifs is 1. The van der Waals surface area contributed by atoms with E-state index in [9.17, 15) is 8.42 Å². The minimum atomic E-state index is -3.48. The maximum absolute atomic E-state index is 13.2. The summed E-state index contributed by atoms with van der Waals surface area (Å²) in [5, 5.41) is 0. The predicted octanol–water partition coefficient (Wildman–Crippen LogP) is 4.85. The van der Waals surface area contributed by atoms with Gasteiger partial charge in [0, 0.05) is 31.7 Å². The van der Waals surface area contributed by atoms with Crippen LogP contribution in [0.25, 0.3) is 11.2 Å². The lowest BCUT2D eigenvalue weighted by Crippen LogP contribution is -2.39. The minimum Gasteiger partial charge on any atom is -0.309 e. The zero-order chi connectivity index (χ0) is 22.9. The lowest BCUT2D eigenvalue weighted by molar-refractivity contribution is 0.272. The Balaban J connectivity index is 1.52. The summed E-state index contributed by atoms with van der Waals surface area (Å²) < 4.78 is 30.4. The lowest BCUT2D eigenvalue weighted by atomic mass is 10.0. The van der Waals surface area contributed by atoms with Crippen molar-refractivity contribution in [3.63, 3.8) is 0 Å². The van der Waals surface area contributed by atoms with E-state index in [-0.39, 0.29) is 6.04 Å². The highest BCUT2D eigenvalue weighted by molar-refractivity contribution is 7.89. The molecular formula is C25H34N4O2S. The van der Waals surface area contributed by atoms with Crippen molar-refractivity contribution < 1.29 is 8.42 Å². The average molecular weight is 455 g/mol. The third-order valence-corrected chi connectivity index (χ3v) is 8.02. The Labute approximate surface area is 191 Å². The fourth-order valence-electron chi connectivity index (χ4n) is 4.63. The van der Waals surface area contributed by atoms with Crippen LogP contribution in [0.3, 0.4) is 0 Å². The van der Waals surface area contributed by atoms with Gasteiger partial charge in [-0.05, 0) is 60.9 Å². The van der Waals surface area contributed by atoms with Gasteiger partial charge >= 0.3 is 0 Å². The Bertz CT molecular complexity index is 1160. The second-order valence-electron chi connectivity index (χ2n) is 9.72. The van der Waals surface area contributed by atoms with Crippen LogP contribution in [0.2, 0.25) is 0 Å². The van der Waals surface area contributed by atoms with E-state index in [4.69, 9.17) is 4.98 Å². The second-order valence-corrected chi connectivity index (χ2v) is 11.7. The Morgan fingerprint density at radius 1 is 0.969 bits per heavy atom. The van der Waals surface area contributed by atoms with Crippen LogP contribution in [-0.4, -0.2) is 40.3 Å². The molecule has 0 saturated carbocycles. The van der Waals surface area contributed by atoms with Gasteiger partial charge in [-0.15, -0.1) is 0 Å². The summed E-state index contributed by atoms with van der Waals surface area (Å²) in [7, 11) is -3.48. The van der Waals surface area contributed by atoms with Crippen LogP contribution in [0, 0.1) is 11.8 Å². The van der Waals surface area contributed by atoms with Crippen molar-refractivity contribution in [3.8, 4) is 0 Å². The van der Waals surface area contributed by atoms with Gasteiger partial charge in [-0.3, -0.25) is 0 Å². The first-order valence-corrected chi connectivity index (χ1v) is 13.1. The van der Waals surface area contributed by atoms with Crippen LogP contribution in [0.4, 0.5) is 0 Å². The van der Waals surface area contributed by atoms with E-state index in [1.807, 2.05) is 30.5 Å². The molecule has 32 heavy (non-hydrogen) atoms. The molecule has 0 aliphatic carbocycles. The van der Waals surface area contributed by atoms with Gasteiger partial charge in [0.15, 0.2) is 5.65 Å². The Morgan fingerprint density at radius 3 is 2.25 bits per heavy atom. The monoisotopic (exact) mass is 454 g/mol. The van der Waals surface area contributed by atoms with Crippen LogP contribution in [0.1, 0.15) is 58.0 Å². The predicted molar refractivity (Wildman–Crippen MR) is 128 cm³/mol. The molecule has 172 valence electrons. The highest BCUT2D eigenvalue weighted by Crippen LogP contribution is 2.31. The number of pyridine rings is 1. The van der Waals surface area contributed by atoms with Gasteiger partial charge in [-0.1, -0.05) is 39.8 Å². The minimum absolute atomic E-state index is 0.212. The van der Waals surface area contributed by atoms with E-state index in [2.05, 4.69) is 37.2 Å². The zero-order valence-corrected chi connectivity index (χ0v) is 20.3. The molecule has 2 aromatic heterocycles. The van der Waals surface area contributed by atoms with Crippen molar-refractivity contribution in [2.75, 3.05) is 13.1 Å². The zero-order valence-electron chi connectivity index (χ0n) is 19.5. The fourth-order valence-corrected chi connectivity index (χ4v) is 6.10. The number of aromatic nitrogens is 3. The number of hydrogen-bond acceptors (Lipinski definition) is 4. The number of piperidine rings is 1. The quantitative estimate of drug-likeness (QED) is 0.512. The van der Waals surface area contributed by atoms with E-state index < -0.39 is 10.0 Å². The molecule has 3 heterocycles. The molecule has 6 nitrogen and oxygen atoms in total. The summed E-state index contributed by atoms with van der Waals surface area (Å²) in [6.45, 7) is 9.74. The fraction of sp³-hybridized carbons (Fsp3) is 0.520. The van der Waals surface area contributed by atoms with Gasteiger partial charge in [0.1, 0.15) is 11.3 Å². The topological polar surface area (TPSA) is 68.1 Å². The first-order valence-electron chi connectivity index (χ1n) is 11.7. The van der Waals surface area contributed by atoms with Crippen LogP contribution in [0.15, 0.2) is 47.5 Å². The van der Waals surface area contributed by atoms with Crippen LogP contribution < -0.4 is 0 Å². The highest BCUT2D eigenvalue weighted by atomic mass is 32.2. The third kappa shape index (κ3) is 4.74. The molecule has 0 N–H and O–H groups in total. The number of imidazole rings is 1. The van der Waals surface area contributed by atoms with Gasteiger partial charge in [0.2, 0.25) is 10.0 Å². The van der Waals surface area contributed by atoms with Gasteiger partial charge in [0.05, 0.1) is 4.90 Å². The van der Waals surface area contributed by atoms with E-state index in [0.717, 1.165) is 42.7 Å². The molecule has 1 fully saturated rings. The first kappa shape index (κ1) is 22.9. The summed E-state index contributed by atoms with van der Waals surface area (Å²) in [5.41, 5.74) is 3.00. The normalized spacial score (nSPS) is 16.4. The molecule has 4 rings (SSSR count). The molecule has 1 aromatic carbocycles. The molecule has 0 amide bonds. The Hall–Kier alpha value is -2.25. The van der Waals surface area contributed by atoms with Crippen molar-refractivity contribution in [2.24, 2.45) is 11.8 Å². The van der Waals surface area contributed by atoms with Gasteiger partial charge in [-0.2, -0.15) is 4.31 Å². The molecule has 1 aliphatic rings. The smallest absolute Gasteiger partial charge is 0.243 e. The van der Waals surface area contributed by atoms with Gasteiger partial charge in [-0.25, -0.2) is 18.4 Å². The highest BCUT2D eigenvalue weighted by Gasteiger charge is 2.31. The van der Waals surface area contributed by atoms with E-state index >= 15 is 0 Å². The Kier molecular flexibility index (Phi) is 6.67. The molecule has 0 unspecified atom stereocenters. The number of benzene rings is 1. The summed E-state index contributed by atoms with van der Waals surface area (Å²) in [4.78, 5) is 9.83. The van der Waals surface area contributed by atoms with Crippen LogP contribution >= 0.6 is 0 Å². The maximum atomic E-state index is 13.2. The summed E-state index contributed by atoms with van der Waals surface area (Å²) in [5.74, 6) is 2.09. The summed E-state index contributed by atoms with van der Waals surface area (Å²) in [6, 6.07) is 11.5. The van der Waals surface area contributed by atoms with E-state index in [1.54, 1.807) is 16.4 Å². The number of rotatable bonds is 7. The third-order valence-electron chi connectivity index (χ3n) is 6.11. The van der Waals surface area contributed by atoms with Crippen molar-refractivity contribution in [1.82, 2.24) is 18.8 Å². The van der Waals surface area contributed by atoms with Crippen molar-refractivity contribution in [3.05, 3.63) is 54.0 Å². The van der Waals surface area contributed by atoms with Crippen LogP contribution in [0.5, 0.6) is 0 Å². The molecule has 7 heteroatoms. The van der Waals surface area contributed by atoms with Gasteiger partial charge < -0.3 is 4.57 Å². The van der Waals surface area contributed by atoms with Crippen molar-refractivity contribution in [1.29, 1.82) is 0 Å². The summed E-state index contributed by atoms with van der Waals surface area (Å²) in [6.07, 6.45) is 5.17. The van der Waals surface area contributed by atoms with Crippen molar-refractivity contribution >= 4 is 21.2 Å². The molecule has 0 bridgehead atoms. The molecule has 0 radical (unpaired) electrons. The maximum Gasteiger partial charge on any atom is 0.243 e. The Morgan fingerprint density at radius 2 is 1.62 bits per heavy atom. The molecule has 1 aliphatic heterocycles. The van der Waals surface area contributed by atoms with Gasteiger partial charge in [0.25, 0.3) is 0 Å².